The number of ether oxygens (including phenoxy) is 4. The molecule has 1 fully saturated rings. The van der Waals surface area contributed by atoms with E-state index in [-0.39, 0.29) is 29.0 Å². The Labute approximate surface area is 288 Å². The van der Waals surface area contributed by atoms with Gasteiger partial charge in [-0.05, 0) is 38.0 Å². The summed E-state index contributed by atoms with van der Waals surface area (Å²) >= 11 is 0. The molecular formula is C34H33N3O14. The summed E-state index contributed by atoms with van der Waals surface area (Å²) in [6, 6.07) is 2.23. The fraction of sp³-hybridized carbons (Fsp3) is 0.382. The second kappa shape index (κ2) is 12.1. The van der Waals surface area contributed by atoms with Crippen molar-refractivity contribution in [1.29, 1.82) is 0 Å². The van der Waals surface area contributed by atoms with Gasteiger partial charge in [-0.2, -0.15) is 0 Å². The molecular weight excluding hydrogens is 674 g/mol. The highest BCUT2D eigenvalue weighted by Crippen LogP contribution is 2.58. The zero-order valence-electron chi connectivity index (χ0n) is 28.1. The third-order valence-corrected chi connectivity index (χ3v) is 10.2. The number of allylic oxidation sites excluding steroid dienone is 2. The molecule has 6 rings (SSSR count). The number of carbonyl (C=O) groups is 5. The number of oxime groups is 2. The van der Waals surface area contributed by atoms with Gasteiger partial charge in [0, 0.05) is 43.4 Å². The largest absolute Gasteiger partial charge is 0.507 e. The summed E-state index contributed by atoms with van der Waals surface area (Å²) in [5, 5.41) is 64.4. The SMILES string of the molecule is COC(=O)c1c(C)cc2c(c1O)[C@]1(O)C(=O)c3cc4c(c(O)c3C(=O)[C@]1(C)/C(=N/O)C2)C(=O)C=C(N[C@H]1O[C@@H](C)[C@H](OC)/C(=N/O)[C@H]1OC)C4=O. The average Bonchev–Trinajstić information content (AvgIpc) is 3.09. The number of phenolic OH excluding ortho intramolecular Hbond substituents is 2. The van der Waals surface area contributed by atoms with E-state index in [0.29, 0.717) is 0 Å². The van der Waals surface area contributed by atoms with Gasteiger partial charge in [0.05, 0.1) is 35.7 Å². The minimum absolute atomic E-state index is 0.0197. The maximum absolute atomic E-state index is 14.6. The molecule has 0 radical (unpaired) electrons. The van der Waals surface area contributed by atoms with Gasteiger partial charge >= 0.3 is 5.97 Å². The van der Waals surface area contributed by atoms with Crippen molar-refractivity contribution in [3.8, 4) is 11.5 Å². The molecule has 1 saturated heterocycles. The molecule has 1 aliphatic heterocycles. The number of aromatic hydroxyl groups is 2. The first-order chi connectivity index (χ1) is 24.1. The standard InChI is InChI=1S/C34H33N3O14/c1-11-7-13-8-18(36-46)33(3)30(43)21-15(29(42)34(33,45)22(13)26(41)19(11)32(44)50-6)9-14-20(25(21)40)17(38)10-16(24(14)39)35-31-28(49-5)23(37-47)27(48-4)12(2)51-31/h7,9-10,12,27-28,31,35,40-41,45-47H,8H2,1-6H3/b36-18+,37-23-/t12-,27-,28+,31-,33-,34-/m0/s1. The molecule has 0 aromatic heterocycles. The van der Waals surface area contributed by atoms with E-state index in [9.17, 15) is 49.7 Å². The third-order valence-electron chi connectivity index (χ3n) is 10.2. The van der Waals surface area contributed by atoms with E-state index in [1.165, 1.54) is 27.2 Å². The van der Waals surface area contributed by atoms with E-state index >= 15 is 0 Å². The summed E-state index contributed by atoms with van der Waals surface area (Å²) in [6.45, 7) is 4.12. The summed E-state index contributed by atoms with van der Waals surface area (Å²) in [7, 11) is 3.69. The fourth-order valence-electron chi connectivity index (χ4n) is 7.70. The lowest BCUT2D eigenvalue weighted by Gasteiger charge is -2.50. The summed E-state index contributed by atoms with van der Waals surface area (Å²) in [5.41, 5.74) is -9.67. The molecule has 6 atom stereocenters. The highest BCUT2D eigenvalue weighted by atomic mass is 16.6. The first kappa shape index (κ1) is 35.3. The van der Waals surface area contributed by atoms with Gasteiger partial charge in [0.25, 0.3) is 0 Å². The van der Waals surface area contributed by atoms with E-state index < -0.39 is 115 Å². The number of hydrogen-bond acceptors (Lipinski definition) is 17. The number of fused-ring (bicyclic) bond motifs is 5. The number of Topliss-reactive ketones (excluding diaryl/α,β-unsaturated/α-hetero) is 3. The number of rotatable bonds is 5. The molecule has 17 heteroatoms. The number of phenols is 2. The van der Waals surface area contributed by atoms with Crippen LogP contribution in [0.5, 0.6) is 11.5 Å². The molecule has 2 aromatic rings. The van der Waals surface area contributed by atoms with Crippen molar-refractivity contribution in [2.45, 2.75) is 57.3 Å². The Kier molecular flexibility index (Phi) is 8.37. The Bertz CT molecular complexity index is 2070. The number of carbonyl (C=O) groups excluding carboxylic acids is 5. The molecule has 0 amide bonds. The van der Waals surface area contributed by atoms with E-state index in [0.717, 1.165) is 26.2 Å². The van der Waals surface area contributed by atoms with Gasteiger partial charge in [-0.3, -0.25) is 19.2 Å². The van der Waals surface area contributed by atoms with Gasteiger partial charge in [0.1, 0.15) is 40.4 Å². The molecule has 268 valence electrons. The molecule has 4 aliphatic rings. The van der Waals surface area contributed by atoms with Crippen LogP contribution >= 0.6 is 0 Å². The summed E-state index contributed by atoms with van der Waals surface area (Å²) < 4.78 is 21.5. The second-order valence-electron chi connectivity index (χ2n) is 12.7. The van der Waals surface area contributed by atoms with Crippen LogP contribution in [0.2, 0.25) is 0 Å². The maximum Gasteiger partial charge on any atom is 0.341 e. The van der Waals surface area contributed by atoms with Gasteiger partial charge in [0.2, 0.25) is 11.6 Å². The maximum atomic E-state index is 14.6. The van der Waals surface area contributed by atoms with E-state index in [1.807, 2.05) is 0 Å². The third kappa shape index (κ3) is 4.51. The lowest BCUT2D eigenvalue weighted by atomic mass is 9.52. The van der Waals surface area contributed by atoms with Crippen LogP contribution in [0, 0.1) is 12.3 Å². The predicted octanol–water partition coefficient (Wildman–Crippen LogP) is 1.31. The lowest BCUT2D eigenvalue weighted by Crippen LogP contribution is -2.64. The molecule has 0 spiro atoms. The molecule has 1 heterocycles. The molecule has 2 aromatic carbocycles. The number of benzene rings is 2. The number of nitrogens with zero attached hydrogens (tertiary/aromatic N) is 2. The van der Waals surface area contributed by atoms with Crippen molar-refractivity contribution in [1.82, 2.24) is 5.32 Å². The Morgan fingerprint density at radius 3 is 2.22 bits per heavy atom. The highest BCUT2D eigenvalue weighted by molar-refractivity contribution is 6.34. The summed E-state index contributed by atoms with van der Waals surface area (Å²) in [5.74, 6) is -7.33. The normalized spacial score (nSPS) is 30.0. The van der Waals surface area contributed by atoms with Gasteiger partial charge in [-0.25, -0.2) is 4.79 Å². The Hall–Kier alpha value is -5.49. The van der Waals surface area contributed by atoms with E-state index in [2.05, 4.69) is 15.6 Å². The molecule has 3 aliphatic carbocycles. The topological polar surface area (TPSA) is 260 Å². The fourth-order valence-corrected chi connectivity index (χ4v) is 7.70. The van der Waals surface area contributed by atoms with Crippen molar-refractivity contribution in [2.75, 3.05) is 21.3 Å². The van der Waals surface area contributed by atoms with Crippen LogP contribution in [-0.4, -0.2) is 112 Å². The number of aryl methyl sites for hydroxylation is 1. The highest BCUT2D eigenvalue weighted by Gasteiger charge is 2.69. The number of aliphatic hydroxyl groups is 1. The first-order valence-corrected chi connectivity index (χ1v) is 15.5. The van der Waals surface area contributed by atoms with E-state index in [1.54, 1.807) is 6.92 Å². The number of nitrogens with one attached hydrogen (secondary N) is 1. The molecule has 0 bridgehead atoms. The van der Waals surface area contributed by atoms with Crippen molar-refractivity contribution in [2.24, 2.45) is 15.7 Å². The second-order valence-corrected chi connectivity index (χ2v) is 12.7. The Balaban J connectivity index is 1.52. The number of hydrogen-bond donors (Lipinski definition) is 6. The minimum Gasteiger partial charge on any atom is -0.507 e. The Morgan fingerprint density at radius 2 is 1.63 bits per heavy atom. The van der Waals surface area contributed by atoms with Gasteiger partial charge in [0.15, 0.2) is 23.4 Å². The minimum atomic E-state index is -3.07. The zero-order chi connectivity index (χ0) is 37.5. The summed E-state index contributed by atoms with van der Waals surface area (Å²) in [4.78, 5) is 69.3. The Morgan fingerprint density at radius 1 is 0.961 bits per heavy atom. The van der Waals surface area contributed by atoms with Crippen LogP contribution in [0.4, 0.5) is 0 Å². The van der Waals surface area contributed by atoms with Gasteiger partial charge < -0.3 is 50.0 Å². The number of ketones is 4. The van der Waals surface area contributed by atoms with E-state index in [4.69, 9.17) is 18.9 Å². The van der Waals surface area contributed by atoms with Crippen molar-refractivity contribution in [3.05, 3.63) is 68.4 Å². The van der Waals surface area contributed by atoms with Crippen LogP contribution in [0.3, 0.4) is 0 Å². The predicted molar refractivity (Wildman–Crippen MR) is 171 cm³/mol. The van der Waals surface area contributed by atoms with Crippen molar-refractivity contribution < 1.29 is 68.7 Å². The van der Waals surface area contributed by atoms with Crippen LogP contribution < -0.4 is 5.32 Å². The molecule has 0 saturated carbocycles. The molecule has 6 N–H and O–H groups in total. The van der Waals surface area contributed by atoms with Crippen LogP contribution in [0.15, 0.2) is 34.2 Å². The van der Waals surface area contributed by atoms with Gasteiger partial charge in [-0.15, -0.1) is 0 Å². The van der Waals surface area contributed by atoms with Crippen LogP contribution in [-0.2, 0) is 31.0 Å². The lowest BCUT2D eigenvalue weighted by molar-refractivity contribution is -0.129. The van der Waals surface area contributed by atoms with Gasteiger partial charge in [-0.1, -0.05) is 16.4 Å². The molecule has 17 nitrogen and oxygen atoms in total. The molecule has 0 unspecified atom stereocenters. The quantitative estimate of drug-likeness (QED) is 0.145. The first-order valence-electron chi connectivity index (χ1n) is 15.5. The number of methoxy groups -OCH3 is 3. The van der Waals surface area contributed by atoms with Crippen LogP contribution in [0.25, 0.3) is 0 Å². The summed E-state index contributed by atoms with van der Waals surface area (Å²) in [6.07, 6.45) is -3.43. The molecule has 51 heavy (non-hydrogen) atoms. The smallest absolute Gasteiger partial charge is 0.341 e. The number of esters is 1. The zero-order valence-corrected chi connectivity index (χ0v) is 28.1. The van der Waals surface area contributed by atoms with Crippen LogP contribution in [0.1, 0.15) is 82.3 Å². The van der Waals surface area contributed by atoms with Crippen molar-refractivity contribution >= 4 is 40.5 Å². The monoisotopic (exact) mass is 707 g/mol. The van der Waals surface area contributed by atoms with Crippen molar-refractivity contribution in [3.63, 3.8) is 0 Å². The average molecular weight is 708 g/mol.